The van der Waals surface area contributed by atoms with Crippen LogP contribution >= 0.6 is 11.3 Å². The number of piperidine rings is 1. The van der Waals surface area contributed by atoms with Crippen LogP contribution in [-0.2, 0) is 0 Å². The molecule has 0 amide bonds. The molecule has 1 N–H and O–H groups in total. The van der Waals surface area contributed by atoms with Crippen LogP contribution in [0.5, 0.6) is 0 Å². The van der Waals surface area contributed by atoms with Gasteiger partial charge in [-0.15, -0.1) is 11.3 Å². The molecular formula is C14H16FNS. The van der Waals surface area contributed by atoms with Crippen LogP contribution in [0.4, 0.5) is 4.39 Å². The van der Waals surface area contributed by atoms with Crippen LogP contribution in [0.3, 0.4) is 0 Å². The van der Waals surface area contributed by atoms with Gasteiger partial charge < -0.3 is 5.32 Å². The number of benzene rings is 1. The van der Waals surface area contributed by atoms with Crippen LogP contribution in [0.1, 0.15) is 30.6 Å². The molecular weight excluding hydrogens is 233 g/mol. The Labute approximate surface area is 105 Å². The summed E-state index contributed by atoms with van der Waals surface area (Å²) in [6.07, 6.45) is 2.33. The zero-order valence-corrected chi connectivity index (χ0v) is 10.7. The van der Waals surface area contributed by atoms with E-state index in [1.54, 1.807) is 23.5 Å². The van der Waals surface area contributed by atoms with Crippen molar-refractivity contribution in [1.82, 2.24) is 5.32 Å². The third-order valence-electron chi connectivity index (χ3n) is 3.55. The largest absolute Gasteiger partial charge is 0.314 e. The maximum absolute atomic E-state index is 13.6. The lowest BCUT2D eigenvalue weighted by Gasteiger charge is -2.27. The second-order valence-electron chi connectivity index (χ2n) is 4.88. The Hall–Kier alpha value is -0.930. The van der Waals surface area contributed by atoms with E-state index in [0.717, 1.165) is 23.1 Å². The Kier molecular flexibility index (Phi) is 2.89. The highest BCUT2D eigenvalue weighted by Crippen LogP contribution is 2.36. The van der Waals surface area contributed by atoms with Gasteiger partial charge in [-0.05, 0) is 50.4 Å². The quantitative estimate of drug-likeness (QED) is 0.808. The number of hydrogen-bond acceptors (Lipinski definition) is 2. The topological polar surface area (TPSA) is 12.0 Å². The second-order valence-corrected chi connectivity index (χ2v) is 5.99. The Bertz CT molecular complexity index is 534. The van der Waals surface area contributed by atoms with E-state index in [-0.39, 0.29) is 5.82 Å². The first-order chi connectivity index (χ1) is 8.24. The molecule has 2 unspecified atom stereocenters. The summed E-state index contributed by atoms with van der Waals surface area (Å²) in [5.41, 5.74) is 0. The van der Waals surface area contributed by atoms with Crippen molar-refractivity contribution in [3.8, 4) is 0 Å². The van der Waals surface area contributed by atoms with Crippen molar-refractivity contribution in [3.05, 3.63) is 35.0 Å². The molecule has 0 spiro atoms. The molecule has 1 aliphatic rings. The maximum Gasteiger partial charge on any atom is 0.131 e. The third-order valence-corrected chi connectivity index (χ3v) is 4.82. The Balaban J connectivity index is 1.97. The summed E-state index contributed by atoms with van der Waals surface area (Å²) in [5.74, 6) is 0.509. The molecule has 0 saturated carbocycles. The first-order valence-electron chi connectivity index (χ1n) is 6.15. The molecule has 1 aromatic heterocycles. The zero-order valence-electron chi connectivity index (χ0n) is 9.87. The highest BCUT2D eigenvalue weighted by atomic mass is 32.1. The van der Waals surface area contributed by atoms with Crippen molar-refractivity contribution in [2.75, 3.05) is 6.54 Å². The molecule has 3 heteroatoms. The minimum absolute atomic E-state index is 0.0908. The van der Waals surface area contributed by atoms with E-state index in [1.807, 2.05) is 6.07 Å². The van der Waals surface area contributed by atoms with Gasteiger partial charge in [0.2, 0.25) is 0 Å². The monoisotopic (exact) mass is 249 g/mol. The van der Waals surface area contributed by atoms with E-state index in [9.17, 15) is 4.39 Å². The number of fused-ring (bicyclic) bond motifs is 1. The van der Waals surface area contributed by atoms with E-state index in [0.29, 0.717) is 12.0 Å². The third kappa shape index (κ3) is 2.09. The molecule has 0 radical (unpaired) electrons. The molecule has 1 aliphatic heterocycles. The Morgan fingerprint density at radius 3 is 3.06 bits per heavy atom. The molecule has 1 saturated heterocycles. The number of nitrogens with one attached hydrogen (secondary N) is 1. The van der Waals surface area contributed by atoms with Gasteiger partial charge in [-0.25, -0.2) is 4.39 Å². The molecule has 1 aromatic carbocycles. The lowest BCUT2D eigenvalue weighted by Crippen LogP contribution is -2.34. The SMILES string of the molecule is CC1CC(c2cc3c(F)cccc3s2)CCN1. The molecule has 1 nitrogen and oxygen atoms in total. The average molecular weight is 249 g/mol. The molecule has 2 aromatic rings. The number of rotatable bonds is 1. The molecule has 90 valence electrons. The van der Waals surface area contributed by atoms with Crippen LogP contribution in [0.15, 0.2) is 24.3 Å². The fourth-order valence-electron chi connectivity index (χ4n) is 2.64. The molecule has 0 aliphatic carbocycles. The van der Waals surface area contributed by atoms with E-state index in [2.05, 4.69) is 18.3 Å². The van der Waals surface area contributed by atoms with Crippen LogP contribution < -0.4 is 5.32 Å². The minimum Gasteiger partial charge on any atom is -0.314 e. The van der Waals surface area contributed by atoms with Crippen molar-refractivity contribution in [2.45, 2.75) is 31.7 Å². The average Bonchev–Trinajstić information content (AvgIpc) is 2.74. The zero-order chi connectivity index (χ0) is 11.8. The smallest absolute Gasteiger partial charge is 0.131 e. The predicted molar refractivity (Wildman–Crippen MR) is 71.2 cm³/mol. The minimum atomic E-state index is -0.0908. The standard InChI is InChI=1S/C14H16FNS/c1-9-7-10(5-6-16-9)14-8-11-12(15)3-2-4-13(11)17-14/h2-4,8-10,16H,5-7H2,1H3. The van der Waals surface area contributed by atoms with Crippen LogP contribution in [0, 0.1) is 5.82 Å². The Morgan fingerprint density at radius 1 is 1.41 bits per heavy atom. The molecule has 1 fully saturated rings. The fourth-order valence-corrected chi connectivity index (χ4v) is 3.86. The summed E-state index contributed by atoms with van der Waals surface area (Å²) >= 11 is 1.75. The van der Waals surface area contributed by atoms with Crippen molar-refractivity contribution in [3.63, 3.8) is 0 Å². The van der Waals surface area contributed by atoms with Crippen molar-refractivity contribution < 1.29 is 4.39 Å². The van der Waals surface area contributed by atoms with Gasteiger partial charge in [0.15, 0.2) is 0 Å². The summed E-state index contributed by atoms with van der Waals surface area (Å²) < 4.78 is 14.7. The van der Waals surface area contributed by atoms with Crippen LogP contribution in [0.2, 0.25) is 0 Å². The van der Waals surface area contributed by atoms with Crippen molar-refractivity contribution >= 4 is 21.4 Å². The van der Waals surface area contributed by atoms with Gasteiger partial charge in [-0.3, -0.25) is 0 Å². The van der Waals surface area contributed by atoms with Crippen molar-refractivity contribution in [2.24, 2.45) is 0 Å². The van der Waals surface area contributed by atoms with Gasteiger partial charge in [0.1, 0.15) is 5.82 Å². The number of halogens is 1. The van der Waals surface area contributed by atoms with Gasteiger partial charge in [-0.2, -0.15) is 0 Å². The number of thiophene rings is 1. The van der Waals surface area contributed by atoms with E-state index >= 15 is 0 Å². The summed E-state index contributed by atoms with van der Waals surface area (Å²) in [6.45, 7) is 3.29. The first-order valence-corrected chi connectivity index (χ1v) is 6.97. The number of hydrogen-bond donors (Lipinski definition) is 1. The van der Waals surface area contributed by atoms with Gasteiger partial charge >= 0.3 is 0 Å². The van der Waals surface area contributed by atoms with Crippen LogP contribution in [0.25, 0.3) is 10.1 Å². The molecule has 3 rings (SSSR count). The van der Waals surface area contributed by atoms with Gasteiger partial charge in [-0.1, -0.05) is 6.07 Å². The first kappa shape index (κ1) is 11.2. The lowest BCUT2D eigenvalue weighted by atomic mass is 9.92. The van der Waals surface area contributed by atoms with Gasteiger partial charge in [0.05, 0.1) is 0 Å². The molecule has 2 atom stereocenters. The van der Waals surface area contributed by atoms with E-state index < -0.39 is 0 Å². The fraction of sp³-hybridized carbons (Fsp3) is 0.429. The normalized spacial score (nSPS) is 25.3. The van der Waals surface area contributed by atoms with E-state index in [4.69, 9.17) is 0 Å². The van der Waals surface area contributed by atoms with Crippen molar-refractivity contribution in [1.29, 1.82) is 0 Å². The lowest BCUT2D eigenvalue weighted by molar-refractivity contribution is 0.384. The van der Waals surface area contributed by atoms with Gasteiger partial charge in [0, 0.05) is 21.0 Å². The highest BCUT2D eigenvalue weighted by Gasteiger charge is 2.21. The van der Waals surface area contributed by atoms with E-state index in [1.165, 1.54) is 11.3 Å². The van der Waals surface area contributed by atoms with Gasteiger partial charge in [0.25, 0.3) is 0 Å². The molecule has 2 heterocycles. The highest BCUT2D eigenvalue weighted by molar-refractivity contribution is 7.19. The molecule has 0 bridgehead atoms. The predicted octanol–water partition coefficient (Wildman–Crippen LogP) is 3.90. The molecule has 17 heavy (non-hydrogen) atoms. The van der Waals surface area contributed by atoms with Crippen LogP contribution in [-0.4, -0.2) is 12.6 Å². The summed E-state index contributed by atoms with van der Waals surface area (Å²) in [4.78, 5) is 1.35. The second kappa shape index (κ2) is 4.39. The maximum atomic E-state index is 13.6. The summed E-state index contributed by atoms with van der Waals surface area (Å²) in [6, 6.07) is 7.98. The Morgan fingerprint density at radius 2 is 2.29 bits per heavy atom. The summed E-state index contributed by atoms with van der Waals surface area (Å²) in [5, 5.41) is 4.25. The summed E-state index contributed by atoms with van der Waals surface area (Å²) in [7, 11) is 0.